The van der Waals surface area contributed by atoms with Gasteiger partial charge in [0.2, 0.25) is 0 Å². The number of hydrogen-bond acceptors (Lipinski definition) is 4. The molecule has 3 saturated carbocycles. The summed E-state index contributed by atoms with van der Waals surface area (Å²) >= 11 is -4.60. The molecular weight excluding hydrogens is 380 g/mol. The van der Waals surface area contributed by atoms with Crippen LogP contribution >= 0.6 is 0 Å². The van der Waals surface area contributed by atoms with Crippen molar-refractivity contribution in [2.75, 3.05) is 6.61 Å². The van der Waals surface area contributed by atoms with Crippen molar-refractivity contribution in [2.24, 2.45) is 0 Å². The van der Waals surface area contributed by atoms with Gasteiger partial charge in [-0.2, -0.15) is 0 Å². The molecule has 0 spiro atoms. The second kappa shape index (κ2) is 10.00. The van der Waals surface area contributed by atoms with E-state index in [9.17, 15) is 7.38 Å². The first-order chi connectivity index (χ1) is 12.6. The molecule has 6 heteroatoms. The van der Waals surface area contributed by atoms with Gasteiger partial charge in [-0.3, -0.25) is 0 Å². The molecule has 3 aliphatic rings. The van der Waals surface area contributed by atoms with Crippen molar-refractivity contribution < 1.29 is 31.8 Å². The standard InChI is InChI=1S/C18H33OSi.C2H5O.2H2O.Ti/c19-20(16-10-4-1-5-11-16,17-12-6-2-7-13-17)18-14-8-3-9-15-18;1-2-3;;;/h16-18H,1-15H2;2H2,1H3;2*1H2;/q2*-1;;;+4/p-2. The molecule has 2 N–H and O–H groups in total. The third-order valence-electron chi connectivity index (χ3n) is 7.37. The first kappa shape index (κ1) is 21.5. The molecule has 0 unspecified atom stereocenters. The summed E-state index contributed by atoms with van der Waals surface area (Å²) in [5.74, 6) is 0. The Morgan fingerprint density at radius 3 is 1.35 bits per heavy atom. The van der Waals surface area contributed by atoms with Crippen molar-refractivity contribution >= 4 is 8.32 Å². The minimum absolute atomic E-state index is 0.345. The van der Waals surface area contributed by atoms with Crippen molar-refractivity contribution in [2.45, 2.75) is 120 Å². The topological polar surface area (TPSA) is 58.9 Å². The third kappa shape index (κ3) is 5.03. The molecule has 0 aromatic heterocycles. The first-order valence-corrected chi connectivity index (χ1v) is 16.2. The summed E-state index contributed by atoms with van der Waals surface area (Å²) in [7, 11) is -2.31. The van der Waals surface area contributed by atoms with E-state index >= 15 is 0 Å². The fourth-order valence-electron chi connectivity index (χ4n) is 6.36. The van der Waals surface area contributed by atoms with Gasteiger partial charge in [0, 0.05) is 0 Å². The molecule has 0 heterocycles. The molecule has 3 fully saturated rings. The van der Waals surface area contributed by atoms with E-state index in [2.05, 4.69) is 0 Å². The van der Waals surface area contributed by atoms with Crippen molar-refractivity contribution in [1.82, 2.24) is 0 Å². The summed E-state index contributed by atoms with van der Waals surface area (Å²) in [5.41, 5.74) is 1.85. The zero-order valence-corrected chi connectivity index (χ0v) is 19.3. The Morgan fingerprint density at radius 1 is 0.692 bits per heavy atom. The van der Waals surface area contributed by atoms with Crippen LogP contribution in [0, 0.1) is 0 Å². The van der Waals surface area contributed by atoms with Gasteiger partial charge in [0.05, 0.1) is 0 Å². The van der Waals surface area contributed by atoms with Gasteiger partial charge in [-0.1, -0.05) is 0 Å². The summed E-state index contributed by atoms with van der Waals surface area (Å²) in [5, 5.41) is 0. The van der Waals surface area contributed by atoms with E-state index in [-0.39, 0.29) is 0 Å². The molecule has 0 amide bonds. The second-order valence-corrected chi connectivity index (χ2v) is 16.4. The van der Waals surface area contributed by atoms with Crippen LogP contribution in [0.4, 0.5) is 0 Å². The van der Waals surface area contributed by atoms with Gasteiger partial charge in [0.25, 0.3) is 0 Å². The van der Waals surface area contributed by atoms with Crippen LogP contribution in [0.25, 0.3) is 0 Å². The van der Waals surface area contributed by atoms with Crippen LogP contribution in [0.5, 0.6) is 0 Å². The van der Waals surface area contributed by atoms with Gasteiger partial charge >= 0.3 is 167 Å². The van der Waals surface area contributed by atoms with Crippen molar-refractivity contribution in [1.29, 1.82) is 0 Å². The number of rotatable bonds is 7. The van der Waals surface area contributed by atoms with E-state index in [0.29, 0.717) is 23.2 Å². The van der Waals surface area contributed by atoms with Gasteiger partial charge in [-0.15, -0.1) is 0 Å². The predicted molar refractivity (Wildman–Crippen MR) is 103 cm³/mol. The molecule has 0 atom stereocenters. The summed E-state index contributed by atoms with van der Waals surface area (Å²) in [6, 6.07) is 0. The Labute approximate surface area is 166 Å². The van der Waals surface area contributed by atoms with Gasteiger partial charge in [-0.25, -0.2) is 0 Å². The molecule has 3 rings (SSSR count). The SMILES string of the molecule is CC[O][Ti]([OH])([OH])[O][Si](C1CCCCC1)(C1CCCCC1)C1CCCCC1. The van der Waals surface area contributed by atoms with Crippen molar-refractivity contribution in [3.63, 3.8) is 0 Å². The first-order valence-electron chi connectivity index (χ1n) is 11.4. The average molecular weight is 420 g/mol. The molecule has 0 aliphatic heterocycles. The summed E-state index contributed by atoms with van der Waals surface area (Å²) < 4.78 is 33.7. The van der Waals surface area contributed by atoms with E-state index < -0.39 is 26.5 Å². The maximum atomic E-state index is 10.8. The quantitative estimate of drug-likeness (QED) is 0.512. The zero-order valence-electron chi connectivity index (χ0n) is 16.8. The third-order valence-corrected chi connectivity index (χ3v) is 17.5. The van der Waals surface area contributed by atoms with E-state index in [0.717, 1.165) is 0 Å². The predicted octanol–water partition coefficient (Wildman–Crippen LogP) is 5.79. The van der Waals surface area contributed by atoms with E-state index in [4.69, 9.17) is 6.33 Å². The Hall–Kier alpha value is 0.771. The fourth-order valence-corrected chi connectivity index (χ4v) is 18.7. The van der Waals surface area contributed by atoms with E-state index in [1.807, 2.05) is 6.92 Å². The Morgan fingerprint density at radius 2 is 1.04 bits per heavy atom. The normalized spacial score (nSPS) is 25.5. The summed E-state index contributed by atoms with van der Waals surface area (Å²) in [6.07, 6.45) is 19.3. The molecule has 152 valence electrons. The molecule has 26 heavy (non-hydrogen) atoms. The second-order valence-electron chi connectivity index (χ2n) is 8.94. The van der Waals surface area contributed by atoms with Gasteiger partial charge < -0.3 is 0 Å². The van der Waals surface area contributed by atoms with Gasteiger partial charge in [0.15, 0.2) is 0 Å². The van der Waals surface area contributed by atoms with Crippen LogP contribution in [0.3, 0.4) is 0 Å². The zero-order chi connectivity index (χ0) is 18.5. The fraction of sp³-hybridized carbons (Fsp3) is 1.00. The minimum atomic E-state index is -4.60. The molecule has 0 bridgehead atoms. The van der Waals surface area contributed by atoms with Crippen LogP contribution in [0.2, 0.25) is 16.6 Å². The van der Waals surface area contributed by atoms with Crippen LogP contribution in [-0.2, 0) is 24.5 Å². The molecule has 0 aromatic rings. The Bertz CT molecular complexity index is 370. The monoisotopic (exact) mass is 420 g/mol. The molecule has 4 nitrogen and oxygen atoms in total. The van der Waals surface area contributed by atoms with E-state index in [1.165, 1.54) is 96.3 Å². The Kier molecular flexibility index (Phi) is 8.26. The van der Waals surface area contributed by atoms with Crippen molar-refractivity contribution in [3.8, 4) is 0 Å². The molecular formula is C20H40O4SiTi. The number of hydrogen-bond donors (Lipinski definition) is 2. The average Bonchev–Trinajstić information content (AvgIpc) is 2.68. The summed E-state index contributed by atoms with van der Waals surface area (Å²) in [4.78, 5) is 0. The molecule has 0 radical (unpaired) electrons. The summed E-state index contributed by atoms with van der Waals surface area (Å²) in [6.45, 7) is 2.19. The molecule has 0 saturated heterocycles. The maximum absolute atomic E-state index is 10.8. The van der Waals surface area contributed by atoms with Crippen molar-refractivity contribution in [3.05, 3.63) is 0 Å². The van der Waals surface area contributed by atoms with Crippen LogP contribution in [0.15, 0.2) is 0 Å². The van der Waals surface area contributed by atoms with E-state index in [1.54, 1.807) is 0 Å². The molecule has 0 aromatic carbocycles. The van der Waals surface area contributed by atoms with Crippen LogP contribution in [0.1, 0.15) is 103 Å². The van der Waals surface area contributed by atoms with Gasteiger partial charge in [-0.05, 0) is 0 Å². The van der Waals surface area contributed by atoms with Gasteiger partial charge in [0.1, 0.15) is 0 Å². The van der Waals surface area contributed by atoms with Crippen LogP contribution < -0.4 is 0 Å². The van der Waals surface area contributed by atoms with Crippen LogP contribution in [-0.4, -0.2) is 22.3 Å². The molecule has 3 aliphatic carbocycles. The Balaban J connectivity index is 1.96.